The predicted molar refractivity (Wildman–Crippen MR) is 63.7 cm³/mol. The third-order valence-corrected chi connectivity index (χ3v) is 3.92. The van der Waals surface area contributed by atoms with Gasteiger partial charge in [-0.2, -0.15) is 0 Å². The van der Waals surface area contributed by atoms with Gasteiger partial charge in [-0.3, -0.25) is 0 Å². The molecular formula is C9H12Cl4O2. The standard InChI is InChI=1S/C9H12Cl4O2/c1-2-3-6-4-7(10,11)9(14,15)8(12,13)5-6/h4,14-15H,2-3,5H2,1H3. The summed E-state index contributed by atoms with van der Waals surface area (Å²) in [7, 11) is 0. The molecule has 0 aliphatic heterocycles. The van der Waals surface area contributed by atoms with Crippen LogP contribution in [0.3, 0.4) is 0 Å². The molecule has 1 rings (SSSR count). The molecule has 2 N–H and O–H groups in total. The zero-order chi connectivity index (χ0) is 11.9. The van der Waals surface area contributed by atoms with Gasteiger partial charge in [0.25, 0.3) is 0 Å². The molecule has 0 saturated heterocycles. The van der Waals surface area contributed by atoms with Gasteiger partial charge in [0.2, 0.25) is 5.79 Å². The Balaban J connectivity index is 3.11. The lowest BCUT2D eigenvalue weighted by Gasteiger charge is -2.44. The van der Waals surface area contributed by atoms with Crippen LogP contribution in [-0.2, 0) is 0 Å². The maximum absolute atomic E-state index is 9.70. The summed E-state index contributed by atoms with van der Waals surface area (Å²) in [6.07, 6.45) is 3.14. The van der Waals surface area contributed by atoms with Gasteiger partial charge >= 0.3 is 0 Å². The maximum atomic E-state index is 9.70. The second kappa shape index (κ2) is 4.25. The first-order valence-corrected chi connectivity index (χ1v) is 6.06. The molecule has 2 nitrogen and oxygen atoms in total. The van der Waals surface area contributed by atoms with Gasteiger partial charge in [0.15, 0.2) is 8.67 Å². The lowest BCUT2D eigenvalue weighted by atomic mass is 9.90. The van der Waals surface area contributed by atoms with Crippen LogP contribution in [0.15, 0.2) is 11.6 Å². The molecule has 0 unspecified atom stereocenters. The number of hydrogen-bond donors (Lipinski definition) is 2. The Bertz CT molecular complexity index is 284. The molecule has 0 spiro atoms. The van der Waals surface area contributed by atoms with Crippen LogP contribution in [-0.4, -0.2) is 24.7 Å². The molecule has 0 atom stereocenters. The Morgan fingerprint density at radius 1 is 1.27 bits per heavy atom. The molecule has 0 amide bonds. The lowest BCUT2D eigenvalue weighted by Crippen LogP contribution is -2.60. The molecule has 0 bridgehead atoms. The highest BCUT2D eigenvalue weighted by Crippen LogP contribution is 2.53. The first kappa shape index (κ1) is 13.9. The van der Waals surface area contributed by atoms with Crippen LogP contribution in [0.25, 0.3) is 0 Å². The summed E-state index contributed by atoms with van der Waals surface area (Å²) in [6, 6.07) is 0. The fraction of sp³-hybridized carbons (Fsp3) is 0.778. The summed E-state index contributed by atoms with van der Waals surface area (Å²) in [6.45, 7) is 1.98. The van der Waals surface area contributed by atoms with Crippen LogP contribution in [0.5, 0.6) is 0 Å². The third kappa shape index (κ3) is 2.41. The molecule has 0 heterocycles. The Morgan fingerprint density at radius 2 is 1.80 bits per heavy atom. The summed E-state index contributed by atoms with van der Waals surface area (Å²) in [5, 5.41) is 19.4. The monoisotopic (exact) mass is 292 g/mol. The summed E-state index contributed by atoms with van der Waals surface area (Å²) in [5.74, 6) is -2.57. The van der Waals surface area contributed by atoms with E-state index in [1.807, 2.05) is 6.92 Å². The Kier molecular flexibility index (Phi) is 3.93. The minimum atomic E-state index is -2.57. The Morgan fingerprint density at radius 3 is 2.20 bits per heavy atom. The SMILES string of the molecule is CCCC1=CC(Cl)(Cl)C(O)(O)C(Cl)(Cl)C1. The molecule has 6 heteroatoms. The highest BCUT2D eigenvalue weighted by atomic mass is 35.5. The Hall–Kier alpha value is 0.820. The smallest absolute Gasteiger partial charge is 0.235 e. The molecule has 0 aromatic heterocycles. The van der Waals surface area contributed by atoms with E-state index in [1.165, 1.54) is 6.08 Å². The number of alkyl halides is 4. The largest absolute Gasteiger partial charge is 0.361 e. The average Bonchev–Trinajstić information content (AvgIpc) is 2.00. The van der Waals surface area contributed by atoms with Gasteiger partial charge in [-0.1, -0.05) is 65.3 Å². The summed E-state index contributed by atoms with van der Waals surface area (Å²) in [5.41, 5.74) is 0.825. The van der Waals surface area contributed by atoms with E-state index < -0.39 is 14.5 Å². The quantitative estimate of drug-likeness (QED) is 0.466. The van der Waals surface area contributed by atoms with Gasteiger partial charge in [-0.15, -0.1) is 0 Å². The van der Waals surface area contributed by atoms with Crippen molar-refractivity contribution in [1.29, 1.82) is 0 Å². The summed E-state index contributed by atoms with van der Waals surface area (Å²) in [4.78, 5) is 0. The van der Waals surface area contributed by atoms with E-state index >= 15 is 0 Å². The maximum Gasteiger partial charge on any atom is 0.235 e. The van der Waals surface area contributed by atoms with Gasteiger partial charge in [0.05, 0.1) is 0 Å². The van der Waals surface area contributed by atoms with Gasteiger partial charge in [-0.25, -0.2) is 0 Å². The van der Waals surface area contributed by atoms with Crippen molar-refractivity contribution in [2.24, 2.45) is 0 Å². The van der Waals surface area contributed by atoms with Crippen LogP contribution >= 0.6 is 46.4 Å². The molecule has 1 aliphatic carbocycles. The second-order valence-corrected chi connectivity index (χ2v) is 6.60. The van der Waals surface area contributed by atoms with Crippen molar-refractivity contribution in [1.82, 2.24) is 0 Å². The second-order valence-electron chi connectivity index (χ2n) is 3.73. The van der Waals surface area contributed by atoms with Crippen molar-refractivity contribution in [3.63, 3.8) is 0 Å². The van der Waals surface area contributed by atoms with E-state index in [4.69, 9.17) is 46.4 Å². The lowest BCUT2D eigenvalue weighted by molar-refractivity contribution is -0.176. The molecule has 0 aromatic rings. The molecule has 88 valence electrons. The highest BCUT2D eigenvalue weighted by Gasteiger charge is 2.62. The van der Waals surface area contributed by atoms with Gasteiger partial charge in [0, 0.05) is 6.42 Å². The normalized spacial score (nSPS) is 27.3. The van der Waals surface area contributed by atoms with Crippen molar-refractivity contribution in [3.8, 4) is 0 Å². The van der Waals surface area contributed by atoms with E-state index in [0.29, 0.717) is 0 Å². The highest BCUT2D eigenvalue weighted by molar-refractivity contribution is 6.55. The number of rotatable bonds is 2. The fourth-order valence-electron chi connectivity index (χ4n) is 1.54. The van der Waals surface area contributed by atoms with Gasteiger partial charge in [-0.05, 0) is 12.5 Å². The molecule has 0 saturated carbocycles. The zero-order valence-electron chi connectivity index (χ0n) is 8.10. The topological polar surface area (TPSA) is 40.5 Å². The zero-order valence-corrected chi connectivity index (χ0v) is 11.1. The number of halogens is 4. The van der Waals surface area contributed by atoms with Crippen molar-refractivity contribution in [3.05, 3.63) is 11.6 Å². The van der Waals surface area contributed by atoms with E-state index in [0.717, 1.165) is 18.4 Å². The minimum Gasteiger partial charge on any atom is -0.361 e. The summed E-state index contributed by atoms with van der Waals surface area (Å²) >= 11 is 23.3. The molecular weight excluding hydrogens is 282 g/mol. The first-order valence-electron chi connectivity index (χ1n) is 4.55. The fourth-order valence-corrected chi connectivity index (χ4v) is 3.01. The van der Waals surface area contributed by atoms with E-state index in [-0.39, 0.29) is 6.42 Å². The van der Waals surface area contributed by atoms with Crippen molar-refractivity contribution in [2.75, 3.05) is 0 Å². The molecule has 1 aliphatic rings. The third-order valence-electron chi connectivity index (χ3n) is 2.38. The molecule has 0 radical (unpaired) electrons. The van der Waals surface area contributed by atoms with E-state index in [9.17, 15) is 10.2 Å². The van der Waals surface area contributed by atoms with Crippen molar-refractivity contribution >= 4 is 46.4 Å². The van der Waals surface area contributed by atoms with Crippen LogP contribution < -0.4 is 0 Å². The van der Waals surface area contributed by atoms with Crippen LogP contribution in [0.1, 0.15) is 26.2 Å². The number of hydrogen-bond acceptors (Lipinski definition) is 2. The van der Waals surface area contributed by atoms with E-state index in [1.54, 1.807) is 0 Å². The predicted octanol–water partition coefficient (Wildman–Crippen LogP) is 3.15. The van der Waals surface area contributed by atoms with Gasteiger partial charge < -0.3 is 10.2 Å². The molecule has 15 heavy (non-hydrogen) atoms. The van der Waals surface area contributed by atoms with Crippen molar-refractivity contribution in [2.45, 2.75) is 40.6 Å². The van der Waals surface area contributed by atoms with Crippen LogP contribution in [0.2, 0.25) is 0 Å². The van der Waals surface area contributed by atoms with Crippen molar-refractivity contribution < 1.29 is 10.2 Å². The van der Waals surface area contributed by atoms with E-state index in [2.05, 4.69) is 0 Å². The Labute approximate surface area is 109 Å². The number of allylic oxidation sites excluding steroid dienone is 1. The number of aliphatic hydroxyl groups is 2. The minimum absolute atomic E-state index is 0.137. The summed E-state index contributed by atoms with van der Waals surface area (Å²) < 4.78 is -3.69. The molecule has 0 aromatic carbocycles. The van der Waals surface area contributed by atoms with Crippen LogP contribution in [0.4, 0.5) is 0 Å². The molecule has 0 fully saturated rings. The average molecular weight is 294 g/mol. The first-order chi connectivity index (χ1) is 6.64. The van der Waals surface area contributed by atoms with Gasteiger partial charge in [0.1, 0.15) is 0 Å². The van der Waals surface area contributed by atoms with Crippen LogP contribution in [0, 0.1) is 0 Å².